The fourth-order valence-corrected chi connectivity index (χ4v) is 9.88. The molecule has 18 nitrogen and oxygen atoms in total. The number of primary amides is 1. The Labute approximate surface area is 382 Å². The topological polar surface area (TPSA) is 226 Å². The van der Waals surface area contributed by atoms with Crippen LogP contribution in [0.2, 0.25) is 0 Å². The number of hydrogen-bond donors (Lipinski definition) is 4. The van der Waals surface area contributed by atoms with E-state index in [2.05, 4.69) is 25.5 Å². The van der Waals surface area contributed by atoms with Crippen LogP contribution in [-0.2, 0) is 30.2 Å². The average Bonchev–Trinajstić information content (AvgIpc) is 3.95. The van der Waals surface area contributed by atoms with Gasteiger partial charge in [0.2, 0.25) is 0 Å². The highest BCUT2D eigenvalue weighted by Gasteiger charge is 2.47. The normalized spacial score (nSPS) is 33.5. The summed E-state index contributed by atoms with van der Waals surface area (Å²) in [5.74, 6) is -2.08. The first-order chi connectivity index (χ1) is 30.6. The molecule has 2 fully saturated rings. The predicted octanol–water partition coefficient (Wildman–Crippen LogP) is 3.82. The number of aliphatic hydroxyl groups is 3. The summed E-state index contributed by atoms with van der Waals surface area (Å²) in [6, 6.07) is 5.91. The van der Waals surface area contributed by atoms with Gasteiger partial charge in [0.15, 0.2) is 12.0 Å². The lowest BCUT2D eigenvalue weighted by molar-refractivity contribution is -0.262. The molecular formula is C46H74FN9O9. The van der Waals surface area contributed by atoms with E-state index in [9.17, 15) is 29.3 Å². The fraction of sp³-hybridized carbons (Fsp3) is 0.739. The third-order valence-electron chi connectivity index (χ3n) is 13.6. The number of nitrogens with two attached hydrogens (primary N) is 1. The second kappa shape index (κ2) is 22.2. The molecule has 65 heavy (non-hydrogen) atoms. The summed E-state index contributed by atoms with van der Waals surface area (Å²) in [4.78, 5) is 29.2. The van der Waals surface area contributed by atoms with E-state index >= 15 is 0 Å². The Morgan fingerprint density at radius 3 is 2.37 bits per heavy atom. The van der Waals surface area contributed by atoms with E-state index in [0.29, 0.717) is 62.1 Å². The van der Waals surface area contributed by atoms with Crippen LogP contribution in [-0.4, -0.2) is 162 Å². The van der Waals surface area contributed by atoms with Gasteiger partial charge < -0.3 is 49.8 Å². The highest BCUT2D eigenvalue weighted by molar-refractivity contribution is 5.90. The number of alkyl halides is 1. The Morgan fingerprint density at radius 2 is 1.75 bits per heavy atom. The number of carbonyl (C=O) groups is 2. The number of aliphatic hydroxyl groups excluding tert-OH is 1. The lowest BCUT2D eigenvalue weighted by Gasteiger charge is -2.44. The third-order valence-corrected chi connectivity index (χ3v) is 13.6. The van der Waals surface area contributed by atoms with Crippen LogP contribution in [0.15, 0.2) is 36.7 Å². The number of amides is 1. The molecule has 0 spiro atoms. The van der Waals surface area contributed by atoms with Gasteiger partial charge in [-0.1, -0.05) is 50.3 Å². The first-order valence-corrected chi connectivity index (χ1v) is 23.0. The van der Waals surface area contributed by atoms with E-state index in [0.717, 1.165) is 6.42 Å². The van der Waals surface area contributed by atoms with Crippen molar-refractivity contribution in [2.24, 2.45) is 23.5 Å². The van der Waals surface area contributed by atoms with E-state index in [1.165, 1.54) is 29.6 Å². The molecule has 2 aliphatic heterocycles. The van der Waals surface area contributed by atoms with Crippen molar-refractivity contribution in [3.8, 4) is 5.69 Å². The number of hydrogen-bond acceptors (Lipinski definition) is 15. The number of likely N-dealkylation sites (N-methyl/N-ethyl adjacent to an activating group) is 2. The van der Waals surface area contributed by atoms with E-state index in [1.54, 1.807) is 44.3 Å². The number of halogens is 1. The van der Waals surface area contributed by atoms with Gasteiger partial charge in [-0.25, -0.2) is 13.8 Å². The monoisotopic (exact) mass is 916 g/mol. The smallest absolute Gasteiger partial charge is 0.309 e. The molecule has 19 heteroatoms. The summed E-state index contributed by atoms with van der Waals surface area (Å²) in [7, 11) is 5.43. The summed E-state index contributed by atoms with van der Waals surface area (Å²) < 4.78 is 42.6. The molecule has 1 amide bonds. The molecule has 1 aromatic carbocycles. The predicted molar refractivity (Wildman–Crippen MR) is 239 cm³/mol. The zero-order valence-electron chi connectivity index (χ0n) is 40.1. The summed E-state index contributed by atoms with van der Waals surface area (Å²) >= 11 is 0. The second-order valence-corrected chi connectivity index (χ2v) is 19.3. The molecule has 0 aliphatic carbocycles. The van der Waals surface area contributed by atoms with Crippen molar-refractivity contribution in [3.05, 3.63) is 53.6 Å². The van der Waals surface area contributed by atoms with Crippen molar-refractivity contribution in [3.63, 3.8) is 0 Å². The number of esters is 1. The molecule has 3 aromatic rings. The lowest BCUT2D eigenvalue weighted by Crippen LogP contribution is -2.59. The first-order valence-electron chi connectivity index (χ1n) is 23.0. The van der Waals surface area contributed by atoms with Crippen molar-refractivity contribution in [1.29, 1.82) is 0 Å². The van der Waals surface area contributed by atoms with Crippen LogP contribution >= 0.6 is 0 Å². The maximum atomic E-state index is 14.8. The molecule has 0 unspecified atom stereocenters. The van der Waals surface area contributed by atoms with Gasteiger partial charge in [-0.2, -0.15) is 0 Å². The standard InChI is InChI=1S/C46H74FN9O9/c1-12-38-46(8,61)41(57)31(6)54(10)24-27(2)22-45(7,60)42(28(3)19-29(4)44(59)64-38)65-39-21-35(20-30(5)63-39)53(9)18-17-33-25-56(51-49-33)37(23-47)40(62-11)32-13-15-34(16-14-32)55-26-36(43(48)58)50-52-55/h13-16,25-31,35,37-42,57,60-61H,12,17-24H2,1-11H3,(H2,48,58)/t27-,28+,29-,30-,31-,35+,37-,38-,39+,40-,41-,42-,45-,46-/m1/s1. The Bertz CT molecular complexity index is 1980. The van der Waals surface area contributed by atoms with Crippen LogP contribution in [0.1, 0.15) is 121 Å². The highest BCUT2D eigenvalue weighted by atomic mass is 19.1. The second-order valence-electron chi connectivity index (χ2n) is 19.3. The SMILES string of the molecule is CC[C@H]1OC(=O)[C@H](C)C[C@H](C)[C@@H](O[C@H]2C[C@@H](N(C)CCc3cn([C@H](CF)[C@H](OC)c4ccc(-n5cc(C(N)=O)nn5)cc4)nn3)C[C@@H](C)O2)[C@](C)(O)C[C@@H](C)CN(C)[C@H](C)[C@@H](O)[C@]1(C)O. The van der Waals surface area contributed by atoms with E-state index in [-0.39, 0.29) is 29.7 Å². The minimum absolute atomic E-state index is 0.0304. The van der Waals surface area contributed by atoms with Gasteiger partial charge in [0.1, 0.15) is 36.6 Å². The van der Waals surface area contributed by atoms with Crippen molar-refractivity contribution in [1.82, 2.24) is 39.8 Å². The number of aromatic nitrogens is 6. The minimum atomic E-state index is -1.69. The number of ether oxygens (including phenoxy) is 4. The Hall–Kier alpha value is -3.95. The quantitative estimate of drug-likeness (QED) is 0.169. The van der Waals surface area contributed by atoms with Gasteiger partial charge in [0.05, 0.1) is 41.3 Å². The highest BCUT2D eigenvalue weighted by Crippen LogP contribution is 2.37. The largest absolute Gasteiger partial charge is 0.459 e. The Kier molecular flexibility index (Phi) is 17.8. The molecule has 2 aromatic heterocycles. The van der Waals surface area contributed by atoms with Gasteiger partial charge in [-0.3, -0.25) is 9.59 Å². The average molecular weight is 916 g/mol. The molecule has 0 bridgehead atoms. The molecule has 2 saturated heterocycles. The molecule has 5 N–H and O–H groups in total. The summed E-state index contributed by atoms with van der Waals surface area (Å²) in [6.07, 6.45) is 1.75. The van der Waals surface area contributed by atoms with Gasteiger partial charge >= 0.3 is 5.97 Å². The Balaban J connectivity index is 1.25. The fourth-order valence-electron chi connectivity index (χ4n) is 9.88. The number of benzene rings is 1. The van der Waals surface area contributed by atoms with Crippen LogP contribution in [0.25, 0.3) is 5.69 Å². The maximum Gasteiger partial charge on any atom is 0.309 e. The minimum Gasteiger partial charge on any atom is -0.459 e. The number of rotatable bonds is 14. The lowest BCUT2D eigenvalue weighted by atomic mass is 9.79. The van der Waals surface area contributed by atoms with Crippen molar-refractivity contribution in [2.75, 3.05) is 41.0 Å². The Morgan fingerprint density at radius 1 is 1.06 bits per heavy atom. The first kappa shape index (κ1) is 52.0. The summed E-state index contributed by atoms with van der Waals surface area (Å²) in [5.41, 5.74) is 4.37. The van der Waals surface area contributed by atoms with Gasteiger partial charge in [0.25, 0.3) is 5.91 Å². The molecule has 364 valence electrons. The summed E-state index contributed by atoms with van der Waals surface area (Å²) in [5, 5.41) is 51.6. The van der Waals surface area contributed by atoms with Crippen molar-refractivity contribution >= 4 is 11.9 Å². The van der Waals surface area contributed by atoms with Gasteiger partial charge in [0, 0.05) is 51.3 Å². The number of methoxy groups -OCH3 is 1. The van der Waals surface area contributed by atoms with Crippen LogP contribution in [0.3, 0.4) is 0 Å². The van der Waals surface area contributed by atoms with Crippen LogP contribution in [0, 0.1) is 17.8 Å². The van der Waals surface area contributed by atoms with Gasteiger partial charge in [-0.15, -0.1) is 10.2 Å². The molecule has 0 saturated carbocycles. The number of carbonyl (C=O) groups excluding carboxylic acids is 2. The number of cyclic esters (lactones) is 1. The number of nitrogens with zero attached hydrogens (tertiary/aromatic N) is 8. The summed E-state index contributed by atoms with van der Waals surface area (Å²) in [6.45, 7) is 15.2. The van der Waals surface area contributed by atoms with Crippen LogP contribution in [0.4, 0.5) is 4.39 Å². The van der Waals surface area contributed by atoms with E-state index in [4.69, 9.17) is 24.7 Å². The van der Waals surface area contributed by atoms with Crippen LogP contribution < -0.4 is 5.73 Å². The molecule has 2 aliphatic rings. The van der Waals surface area contributed by atoms with E-state index < -0.39 is 78.5 Å². The molecule has 5 rings (SSSR count). The molecule has 0 radical (unpaired) electrons. The van der Waals surface area contributed by atoms with Crippen LogP contribution in [0.5, 0.6) is 0 Å². The van der Waals surface area contributed by atoms with Crippen molar-refractivity contribution < 1.29 is 48.2 Å². The van der Waals surface area contributed by atoms with Crippen molar-refractivity contribution in [2.45, 2.75) is 160 Å². The van der Waals surface area contributed by atoms with Gasteiger partial charge in [-0.05, 0) is 97.0 Å². The maximum absolute atomic E-state index is 14.8. The molecule has 14 atom stereocenters. The third kappa shape index (κ3) is 12.7. The molecule has 4 heterocycles. The molecular weight excluding hydrogens is 842 g/mol. The zero-order chi connectivity index (χ0) is 48.0. The van der Waals surface area contributed by atoms with E-state index in [1.807, 2.05) is 53.6 Å². The zero-order valence-corrected chi connectivity index (χ0v) is 40.1.